The number of ether oxygens (including phenoxy) is 1. The average Bonchev–Trinajstić information content (AvgIpc) is 2.74. The molecule has 0 aliphatic carbocycles. The number of nitrogens with zero attached hydrogens (tertiary/aromatic N) is 1. The summed E-state index contributed by atoms with van der Waals surface area (Å²) in [6.07, 6.45) is 0.0451. The highest BCUT2D eigenvalue weighted by Crippen LogP contribution is 2.28. The Morgan fingerprint density at radius 2 is 1.52 bits per heavy atom. The third-order valence-electron chi connectivity index (χ3n) is 5.03. The number of amides is 1. The normalized spacial score (nSPS) is 11.3. The molecule has 0 aromatic heterocycles. The molecule has 0 bridgehead atoms. The van der Waals surface area contributed by atoms with Gasteiger partial charge in [-0.05, 0) is 82.6 Å². The van der Waals surface area contributed by atoms with Crippen molar-refractivity contribution in [1.29, 1.82) is 0 Å². The van der Waals surface area contributed by atoms with E-state index in [1.165, 1.54) is 0 Å². The molecule has 0 atom stereocenters. The van der Waals surface area contributed by atoms with Gasteiger partial charge in [-0.3, -0.25) is 9.10 Å². The second-order valence-corrected chi connectivity index (χ2v) is 10.2. The highest BCUT2D eigenvalue weighted by molar-refractivity contribution is 7.92. The number of nitrogens with one attached hydrogen (secondary N) is 1. The molecule has 3 aromatic carbocycles. The van der Waals surface area contributed by atoms with E-state index in [1.54, 1.807) is 54.6 Å². The van der Waals surface area contributed by atoms with Crippen molar-refractivity contribution in [3.05, 3.63) is 83.4 Å². The van der Waals surface area contributed by atoms with Gasteiger partial charge >= 0.3 is 0 Å². The standard InChI is InChI=1S/C26H30N2O4S/c1-18(2)32-23-11-9-22(10-12-23)27-26(29)17-28(25-15-8-20(4)16-21(25)5)33(30,31)24-13-6-19(3)7-14-24/h6-16,18H,17H2,1-5H3,(H,27,29). The van der Waals surface area contributed by atoms with E-state index in [9.17, 15) is 13.2 Å². The van der Waals surface area contributed by atoms with E-state index < -0.39 is 15.9 Å². The van der Waals surface area contributed by atoms with Crippen LogP contribution in [0.5, 0.6) is 5.75 Å². The summed E-state index contributed by atoms with van der Waals surface area (Å²) in [5.74, 6) is 0.255. The summed E-state index contributed by atoms with van der Waals surface area (Å²) >= 11 is 0. The van der Waals surface area contributed by atoms with Crippen molar-refractivity contribution < 1.29 is 17.9 Å². The minimum Gasteiger partial charge on any atom is -0.491 e. The predicted molar refractivity (Wildman–Crippen MR) is 132 cm³/mol. The number of anilines is 2. The fraction of sp³-hybridized carbons (Fsp3) is 0.269. The van der Waals surface area contributed by atoms with Crippen molar-refractivity contribution in [2.24, 2.45) is 0 Å². The highest BCUT2D eigenvalue weighted by Gasteiger charge is 2.28. The van der Waals surface area contributed by atoms with E-state index in [4.69, 9.17) is 4.74 Å². The molecule has 0 unspecified atom stereocenters. The van der Waals surface area contributed by atoms with Crippen LogP contribution in [0.4, 0.5) is 11.4 Å². The molecule has 0 radical (unpaired) electrons. The number of carbonyl (C=O) groups excluding carboxylic acids is 1. The van der Waals surface area contributed by atoms with Crippen LogP contribution in [0.1, 0.15) is 30.5 Å². The molecule has 0 aliphatic rings. The third-order valence-corrected chi connectivity index (χ3v) is 6.80. The molecule has 6 nitrogen and oxygen atoms in total. The minimum atomic E-state index is -3.96. The Kier molecular flexibility index (Phi) is 7.43. The number of sulfonamides is 1. The number of carbonyl (C=O) groups is 1. The Balaban J connectivity index is 1.89. The molecule has 3 rings (SSSR count). The van der Waals surface area contributed by atoms with E-state index in [0.717, 1.165) is 21.0 Å². The Hall–Kier alpha value is -3.32. The highest BCUT2D eigenvalue weighted by atomic mass is 32.2. The van der Waals surface area contributed by atoms with Crippen LogP contribution in [0.2, 0.25) is 0 Å². The smallest absolute Gasteiger partial charge is 0.264 e. The van der Waals surface area contributed by atoms with Crippen molar-refractivity contribution in [2.45, 2.75) is 45.6 Å². The summed E-state index contributed by atoms with van der Waals surface area (Å²) in [6, 6.07) is 19.1. The van der Waals surface area contributed by atoms with Crippen LogP contribution >= 0.6 is 0 Å². The van der Waals surface area contributed by atoms with Gasteiger partial charge in [0.1, 0.15) is 12.3 Å². The quantitative estimate of drug-likeness (QED) is 0.493. The summed E-state index contributed by atoms with van der Waals surface area (Å²) < 4.78 is 33.9. The van der Waals surface area contributed by atoms with Gasteiger partial charge in [0.25, 0.3) is 10.0 Å². The maximum Gasteiger partial charge on any atom is 0.264 e. The van der Waals surface area contributed by atoms with E-state index in [1.807, 2.05) is 46.8 Å². The predicted octanol–water partition coefficient (Wildman–Crippen LogP) is 5.23. The zero-order valence-electron chi connectivity index (χ0n) is 19.6. The zero-order valence-corrected chi connectivity index (χ0v) is 20.4. The monoisotopic (exact) mass is 466 g/mol. The van der Waals surface area contributed by atoms with Gasteiger partial charge in [0.2, 0.25) is 5.91 Å². The Morgan fingerprint density at radius 3 is 2.09 bits per heavy atom. The SMILES string of the molecule is Cc1ccc(S(=O)(=O)N(CC(=O)Nc2ccc(OC(C)C)cc2)c2ccc(C)cc2C)cc1. The Morgan fingerprint density at radius 1 is 0.909 bits per heavy atom. The number of aryl methyl sites for hydroxylation is 3. The first kappa shape index (κ1) is 24.3. The summed E-state index contributed by atoms with van der Waals surface area (Å²) in [7, 11) is -3.96. The molecule has 0 aliphatic heterocycles. The van der Waals surface area contributed by atoms with Gasteiger partial charge in [0.15, 0.2) is 0 Å². The molecule has 1 amide bonds. The molecule has 3 aromatic rings. The van der Waals surface area contributed by atoms with Crippen LogP contribution in [0.15, 0.2) is 71.6 Å². The molecule has 0 heterocycles. The van der Waals surface area contributed by atoms with Crippen molar-refractivity contribution in [3.8, 4) is 5.75 Å². The maximum atomic E-state index is 13.5. The van der Waals surface area contributed by atoms with E-state index >= 15 is 0 Å². The van der Waals surface area contributed by atoms with Crippen molar-refractivity contribution in [2.75, 3.05) is 16.2 Å². The number of rotatable bonds is 8. The minimum absolute atomic E-state index is 0.0451. The van der Waals surface area contributed by atoms with Crippen molar-refractivity contribution >= 4 is 27.3 Å². The maximum absolute atomic E-state index is 13.5. The molecule has 0 saturated heterocycles. The molecule has 33 heavy (non-hydrogen) atoms. The molecule has 174 valence electrons. The van der Waals surface area contributed by atoms with Gasteiger partial charge in [0.05, 0.1) is 16.7 Å². The molecular weight excluding hydrogens is 436 g/mol. The lowest BCUT2D eigenvalue weighted by Gasteiger charge is -2.26. The molecular formula is C26H30N2O4S. The second kappa shape index (κ2) is 10.1. The first-order valence-electron chi connectivity index (χ1n) is 10.8. The lowest BCUT2D eigenvalue weighted by Crippen LogP contribution is -2.38. The zero-order chi connectivity index (χ0) is 24.2. The number of hydrogen-bond acceptors (Lipinski definition) is 4. The fourth-order valence-corrected chi connectivity index (χ4v) is 4.93. The lowest BCUT2D eigenvalue weighted by atomic mass is 10.1. The molecule has 0 saturated carbocycles. The number of benzene rings is 3. The first-order valence-corrected chi connectivity index (χ1v) is 12.2. The van der Waals surface area contributed by atoms with Crippen LogP contribution in [0.25, 0.3) is 0 Å². The summed E-state index contributed by atoms with van der Waals surface area (Å²) in [5.41, 5.74) is 3.77. The van der Waals surface area contributed by atoms with Crippen LogP contribution in [-0.2, 0) is 14.8 Å². The Labute approximate surface area is 196 Å². The van der Waals surface area contributed by atoms with E-state index in [2.05, 4.69) is 5.32 Å². The van der Waals surface area contributed by atoms with Gasteiger partial charge < -0.3 is 10.1 Å². The largest absolute Gasteiger partial charge is 0.491 e. The third kappa shape index (κ3) is 6.14. The summed E-state index contributed by atoms with van der Waals surface area (Å²) in [5, 5.41) is 2.79. The van der Waals surface area contributed by atoms with Gasteiger partial charge in [-0.15, -0.1) is 0 Å². The van der Waals surface area contributed by atoms with Crippen LogP contribution in [0.3, 0.4) is 0 Å². The number of hydrogen-bond donors (Lipinski definition) is 1. The van der Waals surface area contributed by atoms with Gasteiger partial charge in [-0.2, -0.15) is 0 Å². The molecule has 1 N–H and O–H groups in total. The lowest BCUT2D eigenvalue weighted by molar-refractivity contribution is -0.114. The van der Waals surface area contributed by atoms with Crippen LogP contribution in [0, 0.1) is 20.8 Å². The first-order chi connectivity index (χ1) is 15.6. The van der Waals surface area contributed by atoms with Crippen molar-refractivity contribution in [3.63, 3.8) is 0 Å². The van der Waals surface area contributed by atoms with Crippen molar-refractivity contribution in [1.82, 2.24) is 0 Å². The topological polar surface area (TPSA) is 75.7 Å². The average molecular weight is 467 g/mol. The molecule has 0 spiro atoms. The van der Waals surface area contributed by atoms with Gasteiger partial charge in [0, 0.05) is 5.69 Å². The van der Waals surface area contributed by atoms with E-state index in [-0.39, 0.29) is 17.5 Å². The summed E-state index contributed by atoms with van der Waals surface area (Å²) in [4.78, 5) is 13.1. The van der Waals surface area contributed by atoms with Gasteiger partial charge in [-0.25, -0.2) is 8.42 Å². The van der Waals surface area contributed by atoms with Crippen LogP contribution in [-0.4, -0.2) is 27.0 Å². The summed E-state index contributed by atoms with van der Waals surface area (Å²) in [6.45, 7) is 9.19. The fourth-order valence-electron chi connectivity index (χ4n) is 3.44. The van der Waals surface area contributed by atoms with Gasteiger partial charge in [-0.1, -0.05) is 35.4 Å². The van der Waals surface area contributed by atoms with E-state index in [0.29, 0.717) is 17.1 Å². The van der Waals surface area contributed by atoms with Crippen LogP contribution < -0.4 is 14.4 Å². The Bertz CT molecular complexity index is 1220. The molecule has 7 heteroatoms. The molecule has 0 fully saturated rings. The second-order valence-electron chi connectivity index (χ2n) is 8.35.